The van der Waals surface area contributed by atoms with Gasteiger partial charge in [0.25, 0.3) is 0 Å². The third-order valence-electron chi connectivity index (χ3n) is 4.23. The van der Waals surface area contributed by atoms with Crippen LogP contribution >= 0.6 is 0 Å². The van der Waals surface area contributed by atoms with Crippen LogP contribution in [0.15, 0.2) is 57.9 Å². The summed E-state index contributed by atoms with van der Waals surface area (Å²) in [7, 11) is -0.523. The van der Waals surface area contributed by atoms with Crippen molar-refractivity contribution < 1.29 is 27.2 Å². The Morgan fingerprint density at radius 1 is 1.07 bits per heavy atom. The Hall–Kier alpha value is -3.40. The average molecular weight is 431 g/mol. The Bertz CT molecular complexity index is 1110. The molecule has 0 atom stereocenters. The summed E-state index contributed by atoms with van der Waals surface area (Å²) in [5, 5.41) is 6.26. The SMILES string of the molecule is COc1ccc(CCNC(=O)c2nc(CS(=O)(=O)c3ccccc3)no2)cc1OC. The van der Waals surface area contributed by atoms with E-state index in [1.165, 1.54) is 12.1 Å². The molecule has 30 heavy (non-hydrogen) atoms. The van der Waals surface area contributed by atoms with E-state index in [4.69, 9.17) is 14.0 Å². The zero-order chi connectivity index (χ0) is 21.6. The maximum absolute atomic E-state index is 12.4. The molecule has 1 N–H and O–H groups in total. The number of ether oxygens (including phenoxy) is 2. The van der Waals surface area contributed by atoms with Gasteiger partial charge in [0.05, 0.1) is 19.1 Å². The highest BCUT2D eigenvalue weighted by molar-refractivity contribution is 7.90. The van der Waals surface area contributed by atoms with Gasteiger partial charge in [0.2, 0.25) is 0 Å². The van der Waals surface area contributed by atoms with Gasteiger partial charge in [-0.05, 0) is 36.2 Å². The summed E-state index contributed by atoms with van der Waals surface area (Å²) in [5.41, 5.74) is 0.938. The van der Waals surface area contributed by atoms with Gasteiger partial charge in [0.1, 0.15) is 5.75 Å². The Morgan fingerprint density at radius 2 is 1.80 bits per heavy atom. The molecule has 1 amide bonds. The number of hydrogen-bond donors (Lipinski definition) is 1. The predicted molar refractivity (Wildman–Crippen MR) is 107 cm³/mol. The van der Waals surface area contributed by atoms with Crippen LogP contribution in [0.4, 0.5) is 0 Å². The molecule has 0 saturated carbocycles. The van der Waals surface area contributed by atoms with Crippen LogP contribution in [0, 0.1) is 0 Å². The number of carbonyl (C=O) groups is 1. The first-order valence-corrected chi connectivity index (χ1v) is 10.7. The second-order valence-electron chi connectivity index (χ2n) is 6.28. The van der Waals surface area contributed by atoms with Gasteiger partial charge in [-0.1, -0.05) is 29.4 Å². The fourth-order valence-electron chi connectivity index (χ4n) is 2.72. The first-order chi connectivity index (χ1) is 14.4. The monoisotopic (exact) mass is 431 g/mol. The molecule has 3 aromatic rings. The lowest BCUT2D eigenvalue weighted by molar-refractivity contribution is 0.0910. The number of nitrogens with one attached hydrogen (secondary N) is 1. The predicted octanol–water partition coefficient (Wildman–Crippen LogP) is 2.03. The standard InChI is InChI=1S/C20H21N3O6S/c1-27-16-9-8-14(12-17(16)28-2)10-11-21-19(24)20-22-18(23-29-20)13-30(25,26)15-6-4-3-5-7-15/h3-9,12H,10-11,13H2,1-2H3,(H,21,24). The van der Waals surface area contributed by atoms with E-state index in [2.05, 4.69) is 15.5 Å². The van der Waals surface area contributed by atoms with Crippen LogP contribution in [0.3, 0.4) is 0 Å². The lowest BCUT2D eigenvalue weighted by Gasteiger charge is -2.09. The van der Waals surface area contributed by atoms with Crippen molar-refractivity contribution >= 4 is 15.7 Å². The molecule has 0 saturated heterocycles. The van der Waals surface area contributed by atoms with Crippen molar-refractivity contribution in [2.75, 3.05) is 20.8 Å². The average Bonchev–Trinajstić information content (AvgIpc) is 3.22. The number of methoxy groups -OCH3 is 2. The third kappa shape index (κ3) is 5.15. The van der Waals surface area contributed by atoms with Crippen LogP contribution in [0.5, 0.6) is 11.5 Å². The van der Waals surface area contributed by atoms with Crippen molar-refractivity contribution in [1.29, 1.82) is 0 Å². The molecule has 0 spiro atoms. The summed E-state index contributed by atoms with van der Waals surface area (Å²) >= 11 is 0. The van der Waals surface area contributed by atoms with E-state index in [0.717, 1.165) is 5.56 Å². The van der Waals surface area contributed by atoms with Gasteiger partial charge in [0, 0.05) is 6.54 Å². The molecule has 0 aliphatic heterocycles. The Labute approximate surface area is 173 Å². The molecule has 9 nitrogen and oxygen atoms in total. The molecule has 2 aromatic carbocycles. The van der Waals surface area contributed by atoms with Crippen LogP contribution in [0.25, 0.3) is 0 Å². The highest BCUT2D eigenvalue weighted by atomic mass is 32.2. The fourth-order valence-corrected chi connectivity index (χ4v) is 3.91. The quantitative estimate of drug-likeness (QED) is 0.546. The third-order valence-corrected chi connectivity index (χ3v) is 5.86. The fraction of sp³-hybridized carbons (Fsp3) is 0.250. The molecule has 158 valence electrons. The number of rotatable bonds is 9. The van der Waals surface area contributed by atoms with Crippen molar-refractivity contribution in [2.45, 2.75) is 17.1 Å². The molecule has 0 fully saturated rings. The first kappa shape index (κ1) is 21.3. The zero-order valence-corrected chi connectivity index (χ0v) is 17.3. The minimum absolute atomic E-state index is 0.0797. The molecular weight excluding hydrogens is 410 g/mol. The van der Waals surface area contributed by atoms with Crippen molar-refractivity contribution in [2.24, 2.45) is 0 Å². The number of benzene rings is 2. The van der Waals surface area contributed by atoms with Gasteiger partial charge in [-0.25, -0.2) is 8.42 Å². The van der Waals surface area contributed by atoms with Crippen molar-refractivity contribution in [3.05, 3.63) is 65.8 Å². The maximum atomic E-state index is 12.4. The Morgan fingerprint density at radius 3 is 2.50 bits per heavy atom. The number of carbonyl (C=O) groups excluding carboxylic acids is 1. The van der Waals surface area contributed by atoms with Crippen LogP contribution in [0.1, 0.15) is 22.1 Å². The Balaban J connectivity index is 1.56. The van der Waals surface area contributed by atoms with E-state index >= 15 is 0 Å². The highest BCUT2D eigenvalue weighted by Gasteiger charge is 2.21. The molecule has 1 aromatic heterocycles. The van der Waals surface area contributed by atoms with Gasteiger partial charge in [0.15, 0.2) is 27.2 Å². The van der Waals surface area contributed by atoms with Crippen LogP contribution in [-0.4, -0.2) is 45.2 Å². The first-order valence-electron chi connectivity index (χ1n) is 9.02. The minimum atomic E-state index is -3.63. The van der Waals surface area contributed by atoms with Crippen LogP contribution in [0.2, 0.25) is 0 Å². The smallest absolute Gasteiger partial charge is 0.315 e. The van der Waals surface area contributed by atoms with E-state index in [9.17, 15) is 13.2 Å². The second kappa shape index (κ2) is 9.40. The molecular formula is C20H21N3O6S. The summed E-state index contributed by atoms with van der Waals surface area (Å²) in [6.07, 6.45) is 0.537. The van der Waals surface area contributed by atoms with Gasteiger partial charge in [-0.15, -0.1) is 0 Å². The lowest BCUT2D eigenvalue weighted by Crippen LogP contribution is -2.26. The molecule has 0 radical (unpaired) electrons. The van der Waals surface area contributed by atoms with E-state index in [0.29, 0.717) is 24.5 Å². The molecule has 1 heterocycles. The van der Waals surface area contributed by atoms with Crippen LogP contribution < -0.4 is 14.8 Å². The topological polar surface area (TPSA) is 121 Å². The number of amides is 1. The molecule has 0 aliphatic rings. The van der Waals surface area contributed by atoms with Gasteiger partial charge >= 0.3 is 11.8 Å². The summed E-state index contributed by atoms with van der Waals surface area (Å²) in [4.78, 5) is 16.2. The molecule has 0 unspecified atom stereocenters. The zero-order valence-electron chi connectivity index (χ0n) is 16.5. The highest BCUT2D eigenvalue weighted by Crippen LogP contribution is 2.27. The van der Waals surface area contributed by atoms with Gasteiger partial charge < -0.3 is 19.3 Å². The summed E-state index contributed by atoms with van der Waals surface area (Å²) in [6.45, 7) is 0.314. The van der Waals surface area contributed by atoms with Gasteiger partial charge in [-0.3, -0.25) is 4.79 Å². The largest absolute Gasteiger partial charge is 0.493 e. The van der Waals surface area contributed by atoms with Crippen molar-refractivity contribution in [1.82, 2.24) is 15.5 Å². The molecule has 10 heteroatoms. The molecule has 0 aliphatic carbocycles. The maximum Gasteiger partial charge on any atom is 0.315 e. The number of nitrogens with zero attached hydrogens (tertiary/aromatic N) is 2. The second-order valence-corrected chi connectivity index (χ2v) is 8.27. The van der Waals surface area contributed by atoms with Crippen LogP contribution in [-0.2, 0) is 22.0 Å². The van der Waals surface area contributed by atoms with E-state index in [1.807, 2.05) is 12.1 Å². The lowest BCUT2D eigenvalue weighted by atomic mass is 10.1. The van der Waals surface area contributed by atoms with Gasteiger partial charge in [-0.2, -0.15) is 4.98 Å². The normalized spacial score (nSPS) is 11.1. The van der Waals surface area contributed by atoms with E-state index in [-0.39, 0.29) is 16.6 Å². The van der Waals surface area contributed by atoms with Crippen molar-refractivity contribution in [3.8, 4) is 11.5 Å². The van der Waals surface area contributed by atoms with E-state index in [1.54, 1.807) is 38.5 Å². The van der Waals surface area contributed by atoms with Crippen molar-refractivity contribution in [3.63, 3.8) is 0 Å². The number of sulfone groups is 1. The summed E-state index contributed by atoms with van der Waals surface area (Å²) in [6, 6.07) is 13.4. The molecule has 3 rings (SSSR count). The molecule has 0 bridgehead atoms. The number of aromatic nitrogens is 2. The minimum Gasteiger partial charge on any atom is -0.493 e. The number of hydrogen-bond acceptors (Lipinski definition) is 8. The Kier molecular flexibility index (Phi) is 6.68. The van der Waals surface area contributed by atoms with E-state index < -0.39 is 21.5 Å². The summed E-state index contributed by atoms with van der Waals surface area (Å²) < 4.78 is 40.1. The summed E-state index contributed by atoms with van der Waals surface area (Å²) in [5.74, 6) is -0.188.